The largest absolute Gasteiger partial charge is 0.508 e. The number of aryl methyl sites for hydroxylation is 1. The molecule has 0 saturated carbocycles. The van der Waals surface area contributed by atoms with Gasteiger partial charge in [0.1, 0.15) is 11.1 Å². The van der Waals surface area contributed by atoms with Crippen molar-refractivity contribution in [2.75, 3.05) is 31.1 Å². The van der Waals surface area contributed by atoms with Crippen LogP contribution in [0.1, 0.15) is 25.1 Å². The summed E-state index contributed by atoms with van der Waals surface area (Å²) in [6, 6.07) is 28.8. The minimum absolute atomic E-state index is 0.300. The first-order valence-electron chi connectivity index (χ1n) is 14.1. The molecule has 5 nitrogen and oxygen atoms in total. The van der Waals surface area contributed by atoms with Gasteiger partial charge in [0.15, 0.2) is 15.5 Å². The number of fused-ring (bicyclic) bond motifs is 2. The number of rotatable bonds is 10. The van der Waals surface area contributed by atoms with Crippen LogP contribution in [0.15, 0.2) is 84.9 Å². The van der Waals surface area contributed by atoms with Crippen LogP contribution in [-0.4, -0.2) is 41.4 Å². The van der Waals surface area contributed by atoms with Crippen LogP contribution in [0, 0.1) is 6.92 Å². The quantitative estimate of drug-likeness (QED) is 0.155. The molecule has 42 heavy (non-hydrogen) atoms. The first kappa shape index (κ1) is 31.1. The standard InChI is InChI=1S/C33H37ClN3O2P3/c1-6-36(7-2)22-25-20-27(16-18-32(25)38)37(31-19-23(3)35-30-21-26(34)15-17-29(30)31)41(4)39-42(5,40)33-14-10-12-24-11-8-9-13-28(24)33/h8-21H,6-7,22,40H2,1-5H3/p+1. The number of pyridine rings is 1. The Morgan fingerprint density at radius 3 is 2.45 bits per heavy atom. The molecule has 1 N–H and O–H groups in total. The number of anilines is 2. The van der Waals surface area contributed by atoms with Crippen molar-refractivity contribution in [3.8, 4) is 5.75 Å². The molecule has 0 amide bonds. The molecule has 0 radical (unpaired) electrons. The van der Waals surface area contributed by atoms with E-state index in [-0.39, 0.29) is 0 Å². The zero-order valence-electron chi connectivity index (χ0n) is 24.8. The molecule has 0 aliphatic rings. The van der Waals surface area contributed by atoms with E-state index in [9.17, 15) is 5.11 Å². The Bertz CT molecular complexity index is 1720. The Kier molecular flexibility index (Phi) is 9.70. The van der Waals surface area contributed by atoms with Crippen molar-refractivity contribution in [3.63, 3.8) is 0 Å². The van der Waals surface area contributed by atoms with E-state index in [1.165, 1.54) is 16.1 Å². The highest BCUT2D eigenvalue weighted by atomic mass is 35.5. The molecule has 5 aromatic rings. The van der Waals surface area contributed by atoms with E-state index in [4.69, 9.17) is 20.9 Å². The summed E-state index contributed by atoms with van der Waals surface area (Å²) in [6.07, 6.45) is 0. The maximum atomic E-state index is 10.9. The highest BCUT2D eigenvalue weighted by Crippen LogP contribution is 2.72. The molecule has 5 rings (SSSR count). The van der Waals surface area contributed by atoms with E-state index < -0.39 is 15.5 Å². The third kappa shape index (κ3) is 6.58. The first-order valence-corrected chi connectivity index (χ1v) is 19.9. The minimum Gasteiger partial charge on any atom is -0.508 e. The Labute approximate surface area is 258 Å². The molecule has 9 heteroatoms. The van der Waals surface area contributed by atoms with Crippen LogP contribution in [0.4, 0.5) is 11.4 Å². The van der Waals surface area contributed by atoms with Gasteiger partial charge in [-0.25, -0.2) is 0 Å². The fourth-order valence-electron chi connectivity index (χ4n) is 5.38. The highest BCUT2D eigenvalue weighted by molar-refractivity contribution is 8.27. The second-order valence-corrected chi connectivity index (χ2v) is 18.4. The number of benzene rings is 4. The van der Waals surface area contributed by atoms with Gasteiger partial charge in [-0.3, -0.25) is 14.6 Å². The Morgan fingerprint density at radius 2 is 1.69 bits per heavy atom. The molecule has 0 aliphatic heterocycles. The van der Waals surface area contributed by atoms with Crippen molar-refractivity contribution in [2.24, 2.45) is 0 Å². The molecule has 0 saturated heterocycles. The average molecular weight is 637 g/mol. The Hall–Kier alpha value is -2.35. The zero-order valence-corrected chi connectivity index (χ0v) is 28.5. The van der Waals surface area contributed by atoms with E-state index in [0.29, 0.717) is 17.3 Å². The SMILES string of the molecule is CCN(CC)Cc1cc(N(c2cc(C)nc3cc(Cl)ccc23)P(C)O[P+](C)(P)c2cccc3ccccc23)ccc1O. The summed E-state index contributed by atoms with van der Waals surface area (Å²) in [5.41, 5.74) is 4.59. The third-order valence-corrected chi connectivity index (χ3v) is 14.1. The zero-order chi connectivity index (χ0) is 30.0. The Balaban J connectivity index is 1.65. The smallest absolute Gasteiger partial charge is 0.194 e. The minimum atomic E-state index is -2.12. The number of aromatic nitrogens is 1. The van der Waals surface area contributed by atoms with Gasteiger partial charge in [-0.1, -0.05) is 61.8 Å². The maximum absolute atomic E-state index is 10.9. The van der Waals surface area contributed by atoms with Crippen LogP contribution in [0.3, 0.4) is 0 Å². The molecule has 3 atom stereocenters. The van der Waals surface area contributed by atoms with Gasteiger partial charge in [0, 0.05) is 45.9 Å². The lowest BCUT2D eigenvalue weighted by molar-refractivity contribution is 0.291. The monoisotopic (exact) mass is 636 g/mol. The summed E-state index contributed by atoms with van der Waals surface area (Å²) in [6.45, 7) is 13.2. The van der Waals surface area contributed by atoms with Crippen molar-refractivity contribution in [1.82, 2.24) is 9.88 Å². The summed E-state index contributed by atoms with van der Waals surface area (Å²) >= 11 is 6.39. The third-order valence-electron chi connectivity index (χ3n) is 7.52. The van der Waals surface area contributed by atoms with Crippen molar-refractivity contribution in [3.05, 3.63) is 101 Å². The molecular formula is C33H38ClN3O2P3+. The fraction of sp³-hybridized carbons (Fsp3) is 0.242. The van der Waals surface area contributed by atoms with Gasteiger partial charge in [0.25, 0.3) is 0 Å². The van der Waals surface area contributed by atoms with Crippen LogP contribution in [-0.2, 0) is 10.9 Å². The summed E-state index contributed by atoms with van der Waals surface area (Å²) in [5, 5.41) is 16.1. The number of hydrogen-bond donors (Lipinski definition) is 1. The number of nitrogens with zero attached hydrogens (tertiary/aromatic N) is 3. The summed E-state index contributed by atoms with van der Waals surface area (Å²) < 4.78 is 9.44. The van der Waals surface area contributed by atoms with Crippen molar-refractivity contribution >= 4 is 74.4 Å². The topological polar surface area (TPSA) is 48.8 Å². The van der Waals surface area contributed by atoms with E-state index in [2.05, 4.69) is 100 Å². The normalized spacial score (nSPS) is 13.9. The molecule has 218 valence electrons. The molecule has 4 aromatic carbocycles. The Morgan fingerprint density at radius 1 is 0.952 bits per heavy atom. The lowest BCUT2D eigenvalue weighted by atomic mass is 10.1. The van der Waals surface area contributed by atoms with Crippen molar-refractivity contribution in [1.29, 1.82) is 0 Å². The molecule has 1 heterocycles. The number of phenols is 1. The molecule has 0 aliphatic carbocycles. The molecule has 0 spiro atoms. The molecule has 0 bridgehead atoms. The van der Waals surface area contributed by atoms with E-state index >= 15 is 0 Å². The number of phenolic OH excluding ortho intramolecular Hbond substituents is 1. The molecule has 3 unspecified atom stereocenters. The molecule has 1 aromatic heterocycles. The number of hydrogen-bond acceptors (Lipinski definition) is 5. The molecule has 0 fully saturated rings. The van der Waals surface area contributed by atoms with Crippen molar-refractivity contribution < 1.29 is 9.42 Å². The lowest BCUT2D eigenvalue weighted by Crippen LogP contribution is -2.22. The van der Waals surface area contributed by atoms with Gasteiger partial charge < -0.3 is 5.11 Å². The second-order valence-electron chi connectivity index (χ2n) is 10.6. The van der Waals surface area contributed by atoms with Crippen molar-refractivity contribution in [2.45, 2.75) is 27.3 Å². The van der Waals surface area contributed by atoms with Crippen LogP contribution < -0.4 is 9.97 Å². The lowest BCUT2D eigenvalue weighted by Gasteiger charge is -2.33. The van der Waals surface area contributed by atoms with Crippen LogP contribution in [0.25, 0.3) is 21.7 Å². The van der Waals surface area contributed by atoms with Gasteiger partial charge in [-0.2, -0.15) is 4.31 Å². The van der Waals surface area contributed by atoms with Gasteiger partial charge in [-0.05, 0) is 73.9 Å². The van der Waals surface area contributed by atoms with Crippen LogP contribution in [0.5, 0.6) is 5.75 Å². The van der Waals surface area contributed by atoms with Gasteiger partial charge in [0.2, 0.25) is 0 Å². The summed E-state index contributed by atoms with van der Waals surface area (Å²) in [7, 11) is -0.251. The van der Waals surface area contributed by atoms with Crippen LogP contribution >= 0.6 is 36.0 Å². The van der Waals surface area contributed by atoms with Gasteiger partial charge in [-0.15, -0.1) is 0 Å². The second kappa shape index (κ2) is 13.1. The summed E-state index contributed by atoms with van der Waals surface area (Å²) in [4.78, 5) is 7.09. The molecular weight excluding hydrogens is 599 g/mol. The van der Waals surface area contributed by atoms with Crippen LogP contribution in [0.2, 0.25) is 5.02 Å². The van der Waals surface area contributed by atoms with E-state index in [1.807, 2.05) is 31.2 Å². The average Bonchev–Trinajstić information content (AvgIpc) is 2.96. The van der Waals surface area contributed by atoms with E-state index in [0.717, 1.165) is 46.6 Å². The number of aromatic hydroxyl groups is 1. The fourth-order valence-corrected chi connectivity index (χ4v) is 12.0. The van der Waals surface area contributed by atoms with E-state index in [1.54, 1.807) is 6.07 Å². The first-order chi connectivity index (χ1) is 20.1. The highest BCUT2D eigenvalue weighted by Gasteiger charge is 2.38. The predicted octanol–water partition coefficient (Wildman–Crippen LogP) is 9.67. The maximum Gasteiger partial charge on any atom is 0.194 e. The van der Waals surface area contributed by atoms with Gasteiger partial charge >= 0.3 is 0 Å². The number of halogens is 1. The summed E-state index contributed by atoms with van der Waals surface area (Å²) in [5.74, 6) is 0.300. The predicted molar refractivity (Wildman–Crippen MR) is 188 cm³/mol. The van der Waals surface area contributed by atoms with Gasteiger partial charge in [0.05, 0.1) is 26.8 Å².